The molecule has 142 valence electrons. The van der Waals surface area contributed by atoms with E-state index < -0.39 is 0 Å². The predicted molar refractivity (Wildman–Crippen MR) is 119 cm³/mol. The Balaban J connectivity index is 2.19. The van der Waals surface area contributed by atoms with Crippen LogP contribution in [-0.4, -0.2) is 14.2 Å². The fraction of sp³-hybridized carbons (Fsp3) is 0.231. The largest absolute Gasteiger partial charge is 0.493 e. The monoisotopic (exact) mass is 370 g/mol. The zero-order valence-electron chi connectivity index (χ0n) is 16.8. The highest BCUT2D eigenvalue weighted by Gasteiger charge is 2.18. The predicted octanol–water partition coefficient (Wildman–Crippen LogP) is 7.02. The lowest BCUT2D eigenvalue weighted by molar-refractivity contribution is 0.356. The highest BCUT2D eigenvalue weighted by Crippen LogP contribution is 2.43. The van der Waals surface area contributed by atoms with Gasteiger partial charge in [0.25, 0.3) is 0 Å². The summed E-state index contributed by atoms with van der Waals surface area (Å²) in [6.07, 6.45) is 3.40. The quantitative estimate of drug-likeness (QED) is 0.340. The van der Waals surface area contributed by atoms with Crippen LogP contribution in [0.15, 0.2) is 66.7 Å². The number of rotatable bonds is 6. The first-order valence-electron chi connectivity index (χ1n) is 9.93. The molecule has 0 unspecified atom stereocenters. The number of ether oxygens (including phenoxy) is 2. The lowest BCUT2D eigenvalue weighted by atomic mass is 9.86. The van der Waals surface area contributed by atoms with Crippen LogP contribution in [0.25, 0.3) is 32.7 Å². The first-order chi connectivity index (χ1) is 13.8. The van der Waals surface area contributed by atoms with E-state index in [-0.39, 0.29) is 0 Å². The maximum absolute atomic E-state index is 5.64. The summed E-state index contributed by atoms with van der Waals surface area (Å²) in [6.45, 7) is 2.25. The summed E-state index contributed by atoms with van der Waals surface area (Å²) < 4.78 is 11.3. The van der Waals surface area contributed by atoms with Gasteiger partial charge in [-0.2, -0.15) is 0 Å². The third-order valence-electron chi connectivity index (χ3n) is 5.48. The number of fused-ring (bicyclic) bond motifs is 3. The van der Waals surface area contributed by atoms with Crippen molar-refractivity contribution < 1.29 is 9.47 Å². The Labute approximate surface area is 166 Å². The summed E-state index contributed by atoms with van der Waals surface area (Å²) in [5, 5.41) is 5.01. The molecule has 0 aliphatic carbocycles. The molecule has 4 rings (SSSR count). The van der Waals surface area contributed by atoms with Gasteiger partial charge in [0, 0.05) is 0 Å². The molecule has 0 radical (unpaired) electrons. The molecule has 0 N–H and O–H groups in total. The topological polar surface area (TPSA) is 18.5 Å². The molecule has 0 saturated carbocycles. The summed E-state index contributed by atoms with van der Waals surface area (Å²) in [5.74, 6) is 1.53. The summed E-state index contributed by atoms with van der Waals surface area (Å²) in [5.41, 5.74) is 3.98. The molecule has 0 aliphatic heterocycles. The molecule has 4 aromatic carbocycles. The molecule has 0 aliphatic rings. The third-order valence-corrected chi connectivity index (χ3v) is 5.48. The van der Waals surface area contributed by atoms with Crippen LogP contribution in [0.1, 0.15) is 25.3 Å². The van der Waals surface area contributed by atoms with Crippen molar-refractivity contribution in [2.75, 3.05) is 14.2 Å². The molecule has 0 fully saturated rings. The number of methoxy groups -OCH3 is 2. The Bertz CT molecular complexity index is 1110. The minimum Gasteiger partial charge on any atom is -0.493 e. The van der Waals surface area contributed by atoms with E-state index in [1.54, 1.807) is 14.2 Å². The van der Waals surface area contributed by atoms with Gasteiger partial charge in [0.15, 0.2) is 11.5 Å². The third kappa shape index (κ3) is 3.09. The van der Waals surface area contributed by atoms with Gasteiger partial charge in [-0.25, -0.2) is 0 Å². The van der Waals surface area contributed by atoms with E-state index in [0.717, 1.165) is 17.9 Å². The second-order valence-electron chi connectivity index (χ2n) is 7.12. The molecule has 0 heterocycles. The zero-order valence-corrected chi connectivity index (χ0v) is 16.8. The van der Waals surface area contributed by atoms with Gasteiger partial charge >= 0.3 is 0 Å². The summed E-state index contributed by atoms with van der Waals surface area (Å²) in [4.78, 5) is 0. The van der Waals surface area contributed by atoms with Gasteiger partial charge in [0.1, 0.15) is 0 Å². The van der Waals surface area contributed by atoms with E-state index in [1.165, 1.54) is 51.1 Å². The fourth-order valence-corrected chi connectivity index (χ4v) is 4.13. The van der Waals surface area contributed by atoms with Gasteiger partial charge in [-0.3, -0.25) is 0 Å². The lowest BCUT2D eigenvalue weighted by Gasteiger charge is -2.19. The number of hydrogen-bond donors (Lipinski definition) is 0. The van der Waals surface area contributed by atoms with Crippen LogP contribution in [0.2, 0.25) is 0 Å². The van der Waals surface area contributed by atoms with E-state index in [1.807, 2.05) is 0 Å². The molecule has 0 spiro atoms. The minimum atomic E-state index is 0.764. The molecule has 28 heavy (non-hydrogen) atoms. The molecule has 2 nitrogen and oxygen atoms in total. The number of aryl methyl sites for hydroxylation is 1. The van der Waals surface area contributed by atoms with Gasteiger partial charge in [-0.05, 0) is 63.2 Å². The average Bonchev–Trinajstić information content (AvgIpc) is 2.76. The van der Waals surface area contributed by atoms with E-state index in [2.05, 4.69) is 73.7 Å². The summed E-state index contributed by atoms with van der Waals surface area (Å²) >= 11 is 0. The number of unbranched alkanes of at least 4 members (excludes halogenated alkanes) is 1. The first-order valence-corrected chi connectivity index (χ1v) is 9.93. The Morgan fingerprint density at radius 1 is 0.679 bits per heavy atom. The molecule has 0 aromatic heterocycles. The van der Waals surface area contributed by atoms with Crippen molar-refractivity contribution >= 4 is 21.5 Å². The Morgan fingerprint density at radius 3 is 1.93 bits per heavy atom. The Hall–Kier alpha value is -3.00. The smallest absolute Gasteiger partial charge is 0.161 e. The second-order valence-corrected chi connectivity index (χ2v) is 7.12. The van der Waals surface area contributed by atoms with Crippen LogP contribution in [0, 0.1) is 0 Å². The Morgan fingerprint density at radius 2 is 1.29 bits per heavy atom. The molecule has 0 saturated heterocycles. The second kappa shape index (κ2) is 7.93. The first kappa shape index (κ1) is 18.4. The van der Waals surface area contributed by atoms with Crippen molar-refractivity contribution in [2.24, 2.45) is 0 Å². The Kier molecular flexibility index (Phi) is 5.21. The van der Waals surface area contributed by atoms with Crippen LogP contribution >= 0.6 is 0 Å². The van der Waals surface area contributed by atoms with Gasteiger partial charge < -0.3 is 9.47 Å². The van der Waals surface area contributed by atoms with Crippen LogP contribution < -0.4 is 9.47 Å². The van der Waals surface area contributed by atoms with Crippen molar-refractivity contribution in [3.63, 3.8) is 0 Å². The van der Waals surface area contributed by atoms with Gasteiger partial charge in [-0.15, -0.1) is 0 Å². The molecule has 4 aromatic rings. The van der Waals surface area contributed by atoms with Crippen molar-refractivity contribution in [1.29, 1.82) is 0 Å². The lowest BCUT2D eigenvalue weighted by Crippen LogP contribution is -1.97. The van der Waals surface area contributed by atoms with Gasteiger partial charge in [0.2, 0.25) is 0 Å². The highest BCUT2D eigenvalue weighted by molar-refractivity contribution is 6.16. The van der Waals surface area contributed by atoms with Crippen LogP contribution in [0.3, 0.4) is 0 Å². The van der Waals surface area contributed by atoms with Crippen molar-refractivity contribution in [3.05, 3.63) is 72.3 Å². The normalized spacial score (nSPS) is 11.1. The van der Waals surface area contributed by atoms with Crippen molar-refractivity contribution in [3.8, 4) is 22.6 Å². The molecule has 2 heteroatoms. The zero-order chi connectivity index (χ0) is 19.5. The van der Waals surface area contributed by atoms with E-state index in [4.69, 9.17) is 9.47 Å². The summed E-state index contributed by atoms with van der Waals surface area (Å²) in [6, 6.07) is 23.7. The molecule has 0 bridgehead atoms. The molecule has 0 atom stereocenters. The minimum absolute atomic E-state index is 0.764. The maximum atomic E-state index is 5.64. The van der Waals surface area contributed by atoms with Crippen LogP contribution in [0.5, 0.6) is 11.5 Å². The van der Waals surface area contributed by atoms with Crippen molar-refractivity contribution in [2.45, 2.75) is 26.2 Å². The highest BCUT2D eigenvalue weighted by atomic mass is 16.5. The number of benzene rings is 4. The molecule has 0 amide bonds. The van der Waals surface area contributed by atoms with Crippen LogP contribution in [0.4, 0.5) is 0 Å². The summed E-state index contributed by atoms with van der Waals surface area (Å²) in [7, 11) is 3.39. The van der Waals surface area contributed by atoms with E-state index in [9.17, 15) is 0 Å². The average molecular weight is 370 g/mol. The molecular weight excluding hydrogens is 344 g/mol. The van der Waals surface area contributed by atoms with Crippen molar-refractivity contribution in [1.82, 2.24) is 0 Å². The SMILES string of the molecule is CCCCc1c(-c2ccccc2)c2cc(OC)c(OC)cc2c2ccccc12. The van der Waals surface area contributed by atoms with E-state index >= 15 is 0 Å². The van der Waals surface area contributed by atoms with Gasteiger partial charge in [0.05, 0.1) is 14.2 Å². The standard InChI is InChI=1S/C26H26O2/c1-4-5-13-21-19-14-9-10-15-20(19)22-16-24(27-2)25(28-3)17-23(22)26(21)18-11-7-6-8-12-18/h6-12,14-17H,4-5,13H2,1-3H3. The maximum Gasteiger partial charge on any atom is 0.161 e. The van der Waals surface area contributed by atoms with E-state index in [0.29, 0.717) is 0 Å². The van der Waals surface area contributed by atoms with Crippen LogP contribution in [-0.2, 0) is 6.42 Å². The number of hydrogen-bond acceptors (Lipinski definition) is 2. The van der Waals surface area contributed by atoms with Gasteiger partial charge in [-0.1, -0.05) is 67.9 Å². The fourth-order valence-electron chi connectivity index (χ4n) is 4.13. The molecular formula is C26H26O2.